The molecule has 0 spiro atoms. The number of benzene rings is 3. The minimum atomic E-state index is -3.29. The Labute approximate surface area is 289 Å². The van der Waals surface area contributed by atoms with E-state index in [4.69, 9.17) is 9.72 Å². The Morgan fingerprint density at radius 2 is 1.67 bits per heavy atom. The molecule has 3 aromatic carbocycles. The topological polar surface area (TPSA) is 122 Å². The number of piperidine rings is 1. The zero-order valence-electron chi connectivity index (χ0n) is 29.1. The van der Waals surface area contributed by atoms with Gasteiger partial charge in [0.25, 0.3) is 0 Å². The van der Waals surface area contributed by atoms with E-state index in [0.717, 1.165) is 59.4 Å². The number of likely N-dealkylation sites (tertiary alicyclic amines) is 1. The van der Waals surface area contributed by atoms with Crippen LogP contribution >= 0.6 is 0 Å². The smallest absolute Gasteiger partial charge is 0.408 e. The number of amides is 2. The van der Waals surface area contributed by atoms with E-state index in [1.54, 1.807) is 31.4 Å². The molecule has 1 aromatic heterocycles. The van der Waals surface area contributed by atoms with Crippen LogP contribution < -0.4 is 0 Å². The molecule has 0 aliphatic carbocycles. The highest BCUT2D eigenvalue weighted by molar-refractivity contribution is 7.90. The highest BCUT2D eigenvalue weighted by atomic mass is 32.2. The Bertz CT molecular complexity index is 1860. The lowest BCUT2D eigenvalue weighted by Crippen LogP contribution is -2.54. The average Bonchev–Trinajstić information content (AvgIpc) is 3.42. The second-order valence-corrected chi connectivity index (χ2v) is 16.0. The van der Waals surface area contributed by atoms with E-state index in [9.17, 15) is 23.1 Å². The highest BCUT2D eigenvalue weighted by Crippen LogP contribution is 2.31. The molecule has 262 valence electrons. The van der Waals surface area contributed by atoms with Crippen molar-refractivity contribution in [2.45, 2.75) is 81.8 Å². The maximum atomic E-state index is 14.1. The second-order valence-electron chi connectivity index (χ2n) is 14.0. The van der Waals surface area contributed by atoms with Gasteiger partial charge >= 0.3 is 6.09 Å². The van der Waals surface area contributed by atoms with Crippen molar-refractivity contribution < 1.29 is 27.9 Å². The molecular weight excluding hydrogens is 641 g/mol. The molecule has 1 aliphatic heterocycles. The summed E-state index contributed by atoms with van der Waals surface area (Å²) >= 11 is 0. The molecule has 0 bridgehead atoms. The number of hydrogen-bond donors (Lipinski definition) is 1. The molecule has 0 radical (unpaired) electrons. The van der Waals surface area contributed by atoms with E-state index >= 15 is 0 Å². The number of fused-ring (bicyclic) bond motifs is 1. The first-order chi connectivity index (χ1) is 23.3. The van der Waals surface area contributed by atoms with Crippen LogP contribution in [0.5, 0.6) is 0 Å². The molecule has 0 unspecified atom stereocenters. The molecule has 2 heterocycles. The summed E-state index contributed by atoms with van der Waals surface area (Å²) in [6.07, 6.45) is 3.18. The van der Waals surface area contributed by atoms with Crippen molar-refractivity contribution in [2.75, 3.05) is 33.1 Å². The monoisotopic (exact) mass is 688 g/mol. The Morgan fingerprint density at radius 1 is 1.02 bits per heavy atom. The Morgan fingerprint density at radius 3 is 2.29 bits per heavy atom. The summed E-state index contributed by atoms with van der Waals surface area (Å²) in [7, 11) is -1.59. The summed E-state index contributed by atoms with van der Waals surface area (Å²) in [4.78, 5) is 35.3. The van der Waals surface area contributed by atoms with Gasteiger partial charge in [0.15, 0.2) is 9.84 Å². The lowest BCUT2D eigenvalue weighted by Gasteiger charge is -2.41. The number of rotatable bonds is 12. The molecule has 10 nitrogen and oxygen atoms in total. The second kappa shape index (κ2) is 15.1. The van der Waals surface area contributed by atoms with E-state index < -0.39 is 27.5 Å². The van der Waals surface area contributed by atoms with E-state index in [0.29, 0.717) is 26.1 Å². The fourth-order valence-corrected chi connectivity index (χ4v) is 7.63. The van der Waals surface area contributed by atoms with Crippen LogP contribution in [-0.4, -0.2) is 89.5 Å². The van der Waals surface area contributed by atoms with Crippen LogP contribution in [0.15, 0.2) is 77.7 Å². The number of sulfone groups is 1. The molecule has 2 amide bonds. The zero-order valence-corrected chi connectivity index (χ0v) is 29.9. The van der Waals surface area contributed by atoms with Crippen molar-refractivity contribution in [3.05, 3.63) is 84.2 Å². The van der Waals surface area contributed by atoms with Crippen molar-refractivity contribution in [3.8, 4) is 11.1 Å². The van der Waals surface area contributed by atoms with E-state index in [-0.39, 0.29) is 23.1 Å². The van der Waals surface area contributed by atoms with Crippen LogP contribution in [0.1, 0.15) is 63.8 Å². The maximum Gasteiger partial charge on any atom is 0.408 e. The summed E-state index contributed by atoms with van der Waals surface area (Å²) in [6.45, 7) is 8.15. The van der Waals surface area contributed by atoms with E-state index in [1.807, 2.05) is 68.1 Å². The third kappa shape index (κ3) is 8.69. The fourth-order valence-electron chi connectivity index (χ4n) is 7.00. The van der Waals surface area contributed by atoms with Crippen molar-refractivity contribution in [3.63, 3.8) is 0 Å². The molecule has 11 heteroatoms. The summed E-state index contributed by atoms with van der Waals surface area (Å²) in [5.41, 5.74) is 3.99. The van der Waals surface area contributed by atoms with Crippen LogP contribution in [-0.2, 0) is 32.3 Å². The number of methoxy groups -OCH3 is 1. The Balaban J connectivity index is 1.35. The van der Waals surface area contributed by atoms with E-state index in [2.05, 4.69) is 10.6 Å². The van der Waals surface area contributed by atoms with Gasteiger partial charge in [0.2, 0.25) is 5.91 Å². The summed E-state index contributed by atoms with van der Waals surface area (Å²) < 4.78 is 31.3. The number of carbonyl (C=O) groups is 2. The van der Waals surface area contributed by atoms with Gasteiger partial charge in [-0.15, -0.1) is 0 Å². The quantitative estimate of drug-likeness (QED) is 0.166. The van der Waals surface area contributed by atoms with Gasteiger partial charge in [-0.1, -0.05) is 48.5 Å². The van der Waals surface area contributed by atoms with Crippen LogP contribution in [0.4, 0.5) is 4.79 Å². The molecule has 0 saturated carbocycles. The van der Waals surface area contributed by atoms with Gasteiger partial charge in [0.1, 0.15) is 5.82 Å². The lowest BCUT2D eigenvalue weighted by molar-refractivity contribution is -0.134. The molecule has 1 aliphatic rings. The van der Waals surface area contributed by atoms with Gasteiger partial charge in [0.05, 0.1) is 15.9 Å². The number of carbonyl (C=O) groups excluding carboxylic acids is 1. The highest BCUT2D eigenvalue weighted by Gasteiger charge is 2.37. The molecular formula is C38H48N4O6S. The number of hydrogen-bond acceptors (Lipinski definition) is 6. The van der Waals surface area contributed by atoms with Crippen LogP contribution in [0.25, 0.3) is 22.2 Å². The molecule has 2 atom stereocenters. The largest absolute Gasteiger partial charge is 0.465 e. The number of ether oxygens (including phenoxy) is 1. The van der Waals surface area contributed by atoms with Crippen molar-refractivity contribution in [2.24, 2.45) is 0 Å². The van der Waals surface area contributed by atoms with Gasteiger partial charge in [-0.3, -0.25) is 9.69 Å². The molecule has 1 N–H and O–H groups in total. The summed E-state index contributed by atoms with van der Waals surface area (Å²) in [5.74, 6) is 0.998. The fraction of sp³-hybridized carbons (Fsp3) is 0.447. The number of carboxylic acid groups (broad SMARTS) is 1. The minimum Gasteiger partial charge on any atom is -0.465 e. The lowest BCUT2D eigenvalue weighted by atomic mass is 9.93. The van der Waals surface area contributed by atoms with Gasteiger partial charge in [-0.25, -0.2) is 18.2 Å². The predicted octanol–water partition coefficient (Wildman–Crippen LogP) is 6.63. The molecule has 1 saturated heterocycles. The van der Waals surface area contributed by atoms with Crippen LogP contribution in [0.3, 0.4) is 0 Å². The molecule has 49 heavy (non-hydrogen) atoms. The van der Waals surface area contributed by atoms with Gasteiger partial charge in [0, 0.05) is 63.5 Å². The number of aromatic nitrogens is 2. The third-order valence-corrected chi connectivity index (χ3v) is 10.4. The average molecular weight is 689 g/mol. The Kier molecular flexibility index (Phi) is 11.1. The number of imidazole rings is 1. The standard InChI is InChI=1S/C38H48N4O6S/c1-38(2,3)42(37(44)45)31(24-27-13-15-28(16-14-27)29-17-19-32(20-18-29)49(5,46)47)25-35(43)40-21-8-10-30(26-40)36-39-33-11-6-7-12-34(33)41(36)22-9-23-48-4/h6-7,11-20,30-31H,8-10,21-26H2,1-5H3,(H,44,45)/t30-,31-/m1/s1. The molecule has 5 rings (SSSR count). The van der Waals surface area contributed by atoms with Crippen molar-refractivity contribution in [1.29, 1.82) is 0 Å². The third-order valence-electron chi connectivity index (χ3n) is 9.30. The first-order valence-corrected chi connectivity index (χ1v) is 18.8. The number of nitrogens with zero attached hydrogens (tertiary/aromatic N) is 4. The van der Waals surface area contributed by atoms with Crippen LogP contribution in [0.2, 0.25) is 0 Å². The predicted molar refractivity (Wildman–Crippen MR) is 191 cm³/mol. The molecule has 1 fully saturated rings. The van der Waals surface area contributed by atoms with Crippen LogP contribution in [0, 0.1) is 0 Å². The first kappa shape index (κ1) is 36.1. The maximum absolute atomic E-state index is 14.1. The van der Waals surface area contributed by atoms with Gasteiger partial charge in [-0.2, -0.15) is 0 Å². The molecule has 4 aromatic rings. The summed E-state index contributed by atoms with van der Waals surface area (Å²) in [6, 6.07) is 22.1. The first-order valence-electron chi connectivity index (χ1n) is 16.9. The van der Waals surface area contributed by atoms with Crippen molar-refractivity contribution >= 4 is 32.9 Å². The van der Waals surface area contributed by atoms with E-state index in [1.165, 1.54) is 11.2 Å². The van der Waals surface area contributed by atoms with Crippen molar-refractivity contribution in [1.82, 2.24) is 19.4 Å². The Hall–Kier alpha value is -4.22. The van der Waals surface area contributed by atoms with Gasteiger partial charge in [-0.05, 0) is 87.4 Å². The number of aryl methyl sites for hydroxylation is 1. The minimum absolute atomic E-state index is 0.0603. The SMILES string of the molecule is COCCCn1c([C@@H]2CCCN(C(=O)C[C@@H](Cc3ccc(-c4ccc(S(C)(=O)=O)cc4)cc3)N(C(=O)O)C(C)(C)C)C2)nc2ccccc21. The number of para-hydroxylation sites is 2. The normalized spacial score (nSPS) is 16.1. The zero-order chi connectivity index (χ0) is 35.3. The summed E-state index contributed by atoms with van der Waals surface area (Å²) in [5, 5.41) is 10.4. The van der Waals surface area contributed by atoms with Gasteiger partial charge < -0.3 is 19.3 Å².